The first-order valence-electron chi connectivity index (χ1n) is 6.24. The van der Waals surface area contributed by atoms with Crippen molar-refractivity contribution in [2.75, 3.05) is 7.11 Å². The van der Waals surface area contributed by atoms with Crippen LogP contribution in [-0.4, -0.2) is 24.3 Å². The Balaban J connectivity index is 2.31. The van der Waals surface area contributed by atoms with Crippen molar-refractivity contribution < 1.29 is 14.3 Å². The first kappa shape index (κ1) is 11.9. The third-order valence-corrected chi connectivity index (χ3v) is 4.65. The molecule has 1 aliphatic carbocycles. The van der Waals surface area contributed by atoms with Crippen LogP contribution in [0.3, 0.4) is 0 Å². The number of hydrogen-bond acceptors (Lipinski definition) is 3. The molecule has 0 aromatic heterocycles. The van der Waals surface area contributed by atoms with Crippen molar-refractivity contribution in [2.24, 2.45) is 5.41 Å². The molecule has 2 unspecified atom stereocenters. The lowest BCUT2D eigenvalue weighted by molar-refractivity contribution is -0.147. The molecule has 1 aliphatic heterocycles. The highest BCUT2D eigenvalue weighted by Gasteiger charge is 2.79. The fraction of sp³-hybridized carbons (Fsp3) is 0.923. The second kappa shape index (κ2) is 3.46. The van der Waals surface area contributed by atoms with Gasteiger partial charge in [-0.2, -0.15) is 0 Å². The van der Waals surface area contributed by atoms with E-state index >= 15 is 0 Å². The Bertz CT molecular complexity index is 310. The van der Waals surface area contributed by atoms with Gasteiger partial charge in [-0.05, 0) is 24.7 Å². The van der Waals surface area contributed by atoms with E-state index in [0.29, 0.717) is 6.42 Å². The zero-order chi connectivity index (χ0) is 12.0. The van der Waals surface area contributed by atoms with E-state index in [-0.39, 0.29) is 17.0 Å². The molecule has 1 heterocycles. The van der Waals surface area contributed by atoms with Gasteiger partial charge < -0.3 is 9.47 Å². The van der Waals surface area contributed by atoms with Crippen molar-refractivity contribution in [1.29, 1.82) is 0 Å². The van der Waals surface area contributed by atoms with E-state index < -0.39 is 5.60 Å². The monoisotopic (exact) mass is 226 g/mol. The maximum absolute atomic E-state index is 11.9. The van der Waals surface area contributed by atoms with Gasteiger partial charge in [-0.15, -0.1) is 0 Å². The summed E-state index contributed by atoms with van der Waals surface area (Å²) in [5, 5.41) is 0. The fourth-order valence-electron chi connectivity index (χ4n) is 3.56. The first-order chi connectivity index (χ1) is 7.46. The number of hydrogen-bond donors (Lipinski definition) is 0. The average Bonchev–Trinajstić information content (AvgIpc) is 2.93. The predicted octanol–water partition coefficient (Wildman–Crippen LogP) is 2.68. The van der Waals surface area contributed by atoms with E-state index in [9.17, 15) is 4.79 Å². The molecule has 1 saturated carbocycles. The van der Waals surface area contributed by atoms with Gasteiger partial charge in [0.1, 0.15) is 5.60 Å². The molecule has 3 heteroatoms. The molecule has 1 saturated heterocycles. The lowest BCUT2D eigenvalue weighted by Crippen LogP contribution is -2.46. The van der Waals surface area contributed by atoms with Crippen molar-refractivity contribution in [3.63, 3.8) is 0 Å². The minimum atomic E-state index is -0.661. The highest BCUT2D eigenvalue weighted by atomic mass is 16.7. The smallest absolute Gasteiger partial charge is 0.341 e. The van der Waals surface area contributed by atoms with Crippen molar-refractivity contribution in [3.05, 3.63) is 0 Å². The van der Waals surface area contributed by atoms with Crippen molar-refractivity contribution in [3.8, 4) is 0 Å². The van der Waals surface area contributed by atoms with Crippen LogP contribution in [-0.2, 0) is 14.3 Å². The Labute approximate surface area is 97.5 Å². The third kappa shape index (κ3) is 1.21. The highest BCUT2D eigenvalue weighted by Crippen LogP contribution is 2.66. The van der Waals surface area contributed by atoms with Gasteiger partial charge in [0.25, 0.3) is 0 Å². The minimum Gasteiger partial charge on any atom is -0.467 e. The molecule has 0 aromatic rings. The molecule has 0 N–H and O–H groups in total. The minimum absolute atomic E-state index is 0.0788. The summed E-state index contributed by atoms with van der Waals surface area (Å²) < 4.78 is 10.9. The molecule has 92 valence electrons. The summed E-state index contributed by atoms with van der Waals surface area (Å²) in [5.74, 6) is -0.190. The van der Waals surface area contributed by atoms with Crippen LogP contribution in [0.4, 0.5) is 0 Å². The zero-order valence-corrected chi connectivity index (χ0v) is 10.8. The van der Waals surface area contributed by atoms with Gasteiger partial charge in [0.15, 0.2) is 5.60 Å². The lowest BCUT2D eigenvalue weighted by Gasteiger charge is -2.38. The predicted molar refractivity (Wildman–Crippen MR) is 61.1 cm³/mol. The summed E-state index contributed by atoms with van der Waals surface area (Å²) >= 11 is 0. The standard InChI is InChI=1S/C13H22O3/c1-5-12(10(14)15-4)13(16-12)9-7-6-8-11(13,2)3/h5-9H2,1-4H3. The molecule has 0 radical (unpaired) electrons. The first-order valence-corrected chi connectivity index (χ1v) is 6.24. The molecule has 2 atom stereocenters. The number of esters is 1. The molecule has 16 heavy (non-hydrogen) atoms. The van der Waals surface area contributed by atoms with E-state index in [1.165, 1.54) is 13.5 Å². The van der Waals surface area contributed by atoms with Crippen LogP contribution >= 0.6 is 0 Å². The van der Waals surface area contributed by atoms with E-state index in [2.05, 4.69) is 13.8 Å². The van der Waals surface area contributed by atoms with Gasteiger partial charge in [-0.3, -0.25) is 0 Å². The van der Waals surface area contributed by atoms with Gasteiger partial charge in [0, 0.05) is 0 Å². The van der Waals surface area contributed by atoms with Gasteiger partial charge in [0.05, 0.1) is 7.11 Å². The molecule has 1 spiro atoms. The Morgan fingerprint density at radius 1 is 1.31 bits per heavy atom. The molecule has 2 aliphatic rings. The quantitative estimate of drug-likeness (QED) is 0.537. The summed E-state index contributed by atoms with van der Waals surface area (Å²) in [7, 11) is 1.45. The second-order valence-corrected chi connectivity index (χ2v) is 5.69. The molecular formula is C13H22O3. The fourth-order valence-corrected chi connectivity index (χ4v) is 3.56. The second-order valence-electron chi connectivity index (χ2n) is 5.69. The molecule has 3 nitrogen and oxygen atoms in total. The topological polar surface area (TPSA) is 38.8 Å². The summed E-state index contributed by atoms with van der Waals surface area (Å²) in [6.45, 7) is 6.44. The van der Waals surface area contributed by atoms with Crippen LogP contribution in [0.5, 0.6) is 0 Å². The van der Waals surface area contributed by atoms with Crippen molar-refractivity contribution in [1.82, 2.24) is 0 Å². The van der Waals surface area contributed by atoms with Gasteiger partial charge in [-0.25, -0.2) is 4.79 Å². The maximum atomic E-state index is 11.9. The number of ether oxygens (including phenoxy) is 2. The molecular weight excluding hydrogens is 204 g/mol. The molecule has 0 aromatic carbocycles. The number of rotatable bonds is 2. The Morgan fingerprint density at radius 3 is 2.44 bits per heavy atom. The van der Waals surface area contributed by atoms with E-state index in [1.54, 1.807) is 0 Å². The van der Waals surface area contributed by atoms with Crippen LogP contribution in [0.25, 0.3) is 0 Å². The van der Waals surface area contributed by atoms with Gasteiger partial charge >= 0.3 is 5.97 Å². The number of epoxide rings is 1. The molecule has 0 bridgehead atoms. The number of carbonyl (C=O) groups excluding carboxylic acids is 1. The Kier molecular flexibility index (Phi) is 2.57. The van der Waals surface area contributed by atoms with Crippen LogP contribution in [0.2, 0.25) is 0 Å². The Hall–Kier alpha value is -0.570. The maximum Gasteiger partial charge on any atom is 0.341 e. The summed E-state index contributed by atoms with van der Waals surface area (Å²) in [5.41, 5.74) is -0.846. The normalized spacial score (nSPS) is 40.8. The summed E-state index contributed by atoms with van der Waals surface area (Å²) in [4.78, 5) is 11.9. The third-order valence-electron chi connectivity index (χ3n) is 4.65. The van der Waals surface area contributed by atoms with Crippen molar-refractivity contribution in [2.45, 2.75) is 64.1 Å². The largest absolute Gasteiger partial charge is 0.467 e. The average molecular weight is 226 g/mol. The Morgan fingerprint density at radius 2 is 1.94 bits per heavy atom. The summed E-state index contributed by atoms with van der Waals surface area (Å²) in [6, 6.07) is 0. The highest BCUT2D eigenvalue weighted by molar-refractivity contribution is 5.85. The number of carbonyl (C=O) groups is 1. The van der Waals surface area contributed by atoms with E-state index in [1.807, 2.05) is 6.92 Å². The molecule has 2 fully saturated rings. The summed E-state index contributed by atoms with van der Waals surface area (Å²) in [6.07, 6.45) is 5.22. The number of methoxy groups -OCH3 is 1. The van der Waals surface area contributed by atoms with Crippen molar-refractivity contribution >= 4 is 5.97 Å². The lowest BCUT2D eigenvalue weighted by atomic mass is 9.63. The molecule has 2 rings (SSSR count). The molecule has 0 amide bonds. The van der Waals surface area contributed by atoms with Crippen LogP contribution in [0.15, 0.2) is 0 Å². The van der Waals surface area contributed by atoms with Gasteiger partial charge in [-0.1, -0.05) is 33.6 Å². The van der Waals surface area contributed by atoms with Gasteiger partial charge in [0.2, 0.25) is 0 Å². The van der Waals surface area contributed by atoms with Crippen LogP contribution in [0.1, 0.15) is 52.9 Å². The van der Waals surface area contributed by atoms with E-state index in [0.717, 1.165) is 19.3 Å². The zero-order valence-electron chi connectivity index (χ0n) is 10.8. The SMILES string of the molecule is CCC1(C(=O)OC)OC12CCCCC2(C)C. The van der Waals surface area contributed by atoms with Crippen LogP contribution < -0.4 is 0 Å². The van der Waals surface area contributed by atoms with E-state index in [4.69, 9.17) is 9.47 Å². The van der Waals surface area contributed by atoms with Crippen LogP contribution in [0, 0.1) is 5.41 Å².